The fourth-order valence-corrected chi connectivity index (χ4v) is 4.92. The van der Waals surface area contributed by atoms with Crippen LogP contribution in [0.4, 0.5) is 0 Å². The lowest BCUT2D eigenvalue weighted by atomic mass is 9.95. The predicted octanol–water partition coefficient (Wildman–Crippen LogP) is 1.48. The zero-order valence-electron chi connectivity index (χ0n) is 15.1. The molecule has 7 nitrogen and oxygen atoms in total. The quantitative estimate of drug-likeness (QED) is 0.754. The standard InChI is InChI=1S/C18H22N2O5S/c1-17(2,25-10-8-6-5-7-9-10)16(24)19-11-13(21)20-12(15(22)23)18(3,4)26-14(11)20/h5-9,11-12,14H,1-4H3,(H,19,24)(H,22,23)/t11-,12+,14-/m1/s1. The van der Waals surface area contributed by atoms with Gasteiger partial charge in [-0.3, -0.25) is 9.59 Å². The average Bonchev–Trinajstić information content (AvgIpc) is 2.81. The number of carboxylic acids is 1. The highest BCUT2D eigenvalue weighted by Crippen LogP contribution is 2.50. The number of β-lactam (4-membered cyclic amide) rings is 1. The summed E-state index contributed by atoms with van der Waals surface area (Å²) in [6.45, 7) is 6.84. The van der Waals surface area contributed by atoms with Crippen LogP contribution in [0.5, 0.6) is 5.75 Å². The Morgan fingerprint density at radius 3 is 2.46 bits per heavy atom. The van der Waals surface area contributed by atoms with E-state index in [1.807, 2.05) is 6.07 Å². The number of nitrogens with zero attached hydrogens (tertiary/aromatic N) is 1. The smallest absolute Gasteiger partial charge is 0.327 e. The van der Waals surface area contributed by atoms with Gasteiger partial charge >= 0.3 is 5.97 Å². The molecule has 0 spiro atoms. The molecule has 0 aliphatic carbocycles. The maximum atomic E-state index is 12.7. The molecule has 0 unspecified atom stereocenters. The summed E-state index contributed by atoms with van der Waals surface area (Å²) in [4.78, 5) is 38.0. The van der Waals surface area contributed by atoms with Crippen molar-refractivity contribution < 1.29 is 24.2 Å². The number of aliphatic carboxylic acids is 1. The topological polar surface area (TPSA) is 95.9 Å². The average molecular weight is 378 g/mol. The van der Waals surface area contributed by atoms with Crippen molar-refractivity contribution in [3.05, 3.63) is 30.3 Å². The van der Waals surface area contributed by atoms with Crippen molar-refractivity contribution in [2.24, 2.45) is 0 Å². The van der Waals surface area contributed by atoms with E-state index in [9.17, 15) is 19.5 Å². The maximum absolute atomic E-state index is 12.7. The van der Waals surface area contributed by atoms with Gasteiger partial charge in [0.2, 0.25) is 5.91 Å². The number of carbonyl (C=O) groups excluding carboxylic acids is 2. The number of carbonyl (C=O) groups is 3. The van der Waals surface area contributed by atoms with Crippen molar-refractivity contribution >= 4 is 29.5 Å². The van der Waals surface area contributed by atoms with Crippen LogP contribution in [-0.2, 0) is 14.4 Å². The molecule has 26 heavy (non-hydrogen) atoms. The van der Waals surface area contributed by atoms with E-state index in [0.717, 1.165) is 0 Å². The maximum Gasteiger partial charge on any atom is 0.327 e. The lowest BCUT2D eigenvalue weighted by Gasteiger charge is -2.44. The van der Waals surface area contributed by atoms with Gasteiger partial charge in [0.1, 0.15) is 23.2 Å². The number of amides is 2. The van der Waals surface area contributed by atoms with Crippen LogP contribution in [0, 0.1) is 0 Å². The van der Waals surface area contributed by atoms with Gasteiger partial charge in [0, 0.05) is 4.75 Å². The molecule has 3 atom stereocenters. The number of carboxylic acid groups (broad SMARTS) is 1. The third kappa shape index (κ3) is 3.02. The third-order valence-electron chi connectivity index (χ3n) is 4.62. The van der Waals surface area contributed by atoms with Gasteiger partial charge in [-0.2, -0.15) is 0 Å². The van der Waals surface area contributed by atoms with Crippen LogP contribution in [0.2, 0.25) is 0 Å². The van der Waals surface area contributed by atoms with Gasteiger partial charge in [-0.05, 0) is 39.8 Å². The van der Waals surface area contributed by atoms with Gasteiger partial charge in [0.05, 0.1) is 0 Å². The van der Waals surface area contributed by atoms with E-state index in [-0.39, 0.29) is 11.3 Å². The monoisotopic (exact) mass is 378 g/mol. The van der Waals surface area contributed by atoms with Crippen LogP contribution in [0.1, 0.15) is 27.7 Å². The Balaban J connectivity index is 1.69. The number of thioether (sulfide) groups is 1. The molecule has 0 radical (unpaired) electrons. The Bertz CT molecular complexity index is 749. The molecular weight excluding hydrogens is 356 g/mol. The first-order chi connectivity index (χ1) is 12.0. The number of benzene rings is 1. The summed E-state index contributed by atoms with van der Waals surface area (Å²) < 4.78 is 5.12. The van der Waals surface area contributed by atoms with Gasteiger partial charge in [-0.1, -0.05) is 18.2 Å². The fraction of sp³-hybridized carbons (Fsp3) is 0.500. The van der Waals surface area contributed by atoms with Crippen molar-refractivity contribution in [2.75, 3.05) is 0 Å². The third-order valence-corrected chi connectivity index (χ3v) is 6.20. The molecule has 8 heteroatoms. The van der Waals surface area contributed by atoms with Crippen LogP contribution in [-0.4, -0.2) is 55.6 Å². The number of hydrogen-bond donors (Lipinski definition) is 2. The molecule has 2 fully saturated rings. The van der Waals surface area contributed by atoms with E-state index in [1.165, 1.54) is 16.7 Å². The van der Waals surface area contributed by atoms with E-state index < -0.39 is 34.3 Å². The van der Waals surface area contributed by atoms with E-state index in [4.69, 9.17) is 4.74 Å². The van der Waals surface area contributed by atoms with Crippen LogP contribution >= 0.6 is 11.8 Å². The van der Waals surface area contributed by atoms with Crippen molar-refractivity contribution in [2.45, 2.75) is 55.5 Å². The summed E-state index contributed by atoms with van der Waals surface area (Å²) in [6.07, 6.45) is 0. The number of ether oxygens (including phenoxy) is 1. The molecule has 1 aromatic carbocycles. The molecule has 2 N–H and O–H groups in total. The SMILES string of the molecule is CC(C)(Oc1ccccc1)C(=O)N[C@@H]1C(=O)N2[C@@H]1SC(C)(C)[C@@H]2C(=O)O. The van der Waals surface area contributed by atoms with Crippen LogP contribution < -0.4 is 10.1 Å². The highest BCUT2D eigenvalue weighted by molar-refractivity contribution is 8.01. The molecule has 0 aromatic heterocycles. The molecule has 1 aromatic rings. The Labute approximate surface area is 156 Å². The summed E-state index contributed by atoms with van der Waals surface area (Å²) in [5, 5.41) is 11.8. The minimum Gasteiger partial charge on any atom is -0.480 e. The Morgan fingerprint density at radius 1 is 1.27 bits per heavy atom. The van der Waals surface area contributed by atoms with Crippen molar-refractivity contribution in [1.82, 2.24) is 10.2 Å². The minimum absolute atomic E-state index is 0.371. The fourth-order valence-electron chi connectivity index (χ4n) is 3.29. The highest BCUT2D eigenvalue weighted by Gasteiger charge is 2.64. The summed E-state index contributed by atoms with van der Waals surface area (Å²) in [5.74, 6) is -1.27. The molecule has 2 heterocycles. The number of hydrogen-bond acceptors (Lipinski definition) is 5. The molecule has 140 valence electrons. The van der Waals surface area contributed by atoms with Gasteiger partial charge in [-0.25, -0.2) is 4.79 Å². The number of nitrogens with one attached hydrogen (secondary N) is 1. The highest BCUT2D eigenvalue weighted by atomic mass is 32.2. The predicted molar refractivity (Wildman–Crippen MR) is 96.8 cm³/mol. The molecule has 3 rings (SSSR count). The second-order valence-corrected chi connectivity index (χ2v) is 9.25. The Hall–Kier alpha value is -2.22. The molecule has 2 aliphatic heterocycles. The van der Waals surface area contributed by atoms with Crippen LogP contribution in [0.3, 0.4) is 0 Å². The van der Waals surface area contributed by atoms with E-state index in [0.29, 0.717) is 5.75 Å². The summed E-state index contributed by atoms with van der Waals surface area (Å²) >= 11 is 1.39. The summed E-state index contributed by atoms with van der Waals surface area (Å²) in [7, 11) is 0. The van der Waals surface area contributed by atoms with Gasteiger partial charge < -0.3 is 20.1 Å². The van der Waals surface area contributed by atoms with Crippen LogP contribution in [0.15, 0.2) is 30.3 Å². The minimum atomic E-state index is -1.17. The Kier molecular flexibility index (Phi) is 4.42. The number of para-hydroxylation sites is 1. The van der Waals surface area contributed by atoms with Crippen molar-refractivity contribution in [3.63, 3.8) is 0 Å². The van der Waals surface area contributed by atoms with E-state index in [1.54, 1.807) is 52.0 Å². The van der Waals surface area contributed by atoms with Crippen molar-refractivity contribution in [3.8, 4) is 5.75 Å². The van der Waals surface area contributed by atoms with Gasteiger partial charge in [0.25, 0.3) is 5.91 Å². The number of fused-ring (bicyclic) bond motifs is 1. The lowest BCUT2D eigenvalue weighted by Crippen LogP contribution is -2.72. The zero-order valence-corrected chi connectivity index (χ0v) is 15.9. The molecule has 0 saturated carbocycles. The molecule has 0 bridgehead atoms. The second kappa shape index (κ2) is 6.19. The molecule has 2 amide bonds. The van der Waals surface area contributed by atoms with E-state index >= 15 is 0 Å². The molecular formula is C18H22N2O5S. The first kappa shape index (κ1) is 18.6. The van der Waals surface area contributed by atoms with E-state index in [2.05, 4.69) is 5.32 Å². The van der Waals surface area contributed by atoms with Gasteiger partial charge in [-0.15, -0.1) is 11.8 Å². The normalized spacial score (nSPS) is 26.7. The molecule has 2 aliphatic rings. The number of rotatable bonds is 5. The van der Waals surface area contributed by atoms with Gasteiger partial charge in [0.15, 0.2) is 5.60 Å². The first-order valence-corrected chi connectivity index (χ1v) is 9.20. The Morgan fingerprint density at radius 2 is 1.88 bits per heavy atom. The second-order valence-electron chi connectivity index (χ2n) is 7.47. The summed E-state index contributed by atoms with van der Waals surface area (Å²) in [5.41, 5.74) is -1.17. The van der Waals surface area contributed by atoms with Crippen LogP contribution in [0.25, 0.3) is 0 Å². The molecule has 2 saturated heterocycles. The lowest BCUT2D eigenvalue weighted by molar-refractivity contribution is -0.162. The first-order valence-electron chi connectivity index (χ1n) is 8.32. The largest absolute Gasteiger partial charge is 0.480 e. The summed E-state index contributed by atoms with van der Waals surface area (Å²) in [6, 6.07) is 7.32. The zero-order chi connectivity index (χ0) is 19.3. The van der Waals surface area contributed by atoms with Crippen molar-refractivity contribution in [1.29, 1.82) is 0 Å².